The molecule has 8 nitrogen and oxygen atoms in total. The topological polar surface area (TPSA) is 121 Å². The number of carboxylic acid groups (broad SMARTS) is 1. The highest BCUT2D eigenvalue weighted by Crippen LogP contribution is 2.23. The number of piperidine rings is 1. The van der Waals surface area contributed by atoms with E-state index in [1.165, 1.54) is 29.8 Å². The molecule has 184 valence electrons. The number of carboxylic acids is 1. The third-order valence-corrected chi connectivity index (χ3v) is 7.72. The van der Waals surface area contributed by atoms with Crippen molar-refractivity contribution < 1.29 is 33.0 Å². The first-order chi connectivity index (χ1) is 16.2. The number of aliphatic hydroxyl groups is 1. The molecule has 0 unspecified atom stereocenters. The van der Waals surface area contributed by atoms with Crippen LogP contribution in [-0.4, -0.2) is 67.0 Å². The Morgan fingerprint density at radius 1 is 1.03 bits per heavy atom. The Kier molecular flexibility index (Phi) is 9.20. The van der Waals surface area contributed by atoms with Gasteiger partial charge in [-0.05, 0) is 61.6 Å². The number of β-amino-alcohol motifs (C(OH)–C–C–N with tert-alkyl or cyclic N) is 1. The lowest BCUT2D eigenvalue weighted by molar-refractivity contribution is -0.137. The van der Waals surface area contributed by atoms with Crippen molar-refractivity contribution in [1.29, 1.82) is 0 Å². The second-order valence-corrected chi connectivity index (χ2v) is 10.7. The van der Waals surface area contributed by atoms with E-state index in [-0.39, 0.29) is 41.6 Å². The highest BCUT2D eigenvalue weighted by molar-refractivity contribution is 7.91. The van der Waals surface area contributed by atoms with E-state index < -0.39 is 27.9 Å². The maximum absolute atomic E-state index is 12.7. The lowest BCUT2D eigenvalue weighted by Gasteiger charge is -2.36. The molecule has 0 amide bonds. The highest BCUT2D eigenvalue weighted by Gasteiger charge is 2.28. The molecule has 3 rings (SSSR count). The zero-order chi connectivity index (χ0) is 24.6. The van der Waals surface area contributed by atoms with Crippen LogP contribution in [0.15, 0.2) is 59.5 Å². The molecule has 34 heavy (non-hydrogen) atoms. The number of likely N-dealkylation sites (tertiary alicyclic amines) is 1. The summed E-state index contributed by atoms with van der Waals surface area (Å²) < 4.78 is 30.6. The van der Waals surface area contributed by atoms with Crippen LogP contribution < -0.4 is 4.74 Å². The first-order valence-electron chi connectivity index (χ1n) is 11.4. The zero-order valence-corrected chi connectivity index (χ0v) is 19.8. The second kappa shape index (κ2) is 12.1. The molecule has 0 aromatic heterocycles. The molecule has 0 saturated carbocycles. The minimum Gasteiger partial charge on any atom is -0.481 e. The van der Waals surface area contributed by atoms with E-state index in [2.05, 4.69) is 12.1 Å². The number of esters is 1. The molecular formula is C25H31NO7S. The average molecular weight is 490 g/mol. The lowest BCUT2D eigenvalue weighted by Crippen LogP contribution is -2.46. The lowest BCUT2D eigenvalue weighted by atomic mass is 9.88. The predicted octanol–water partition coefficient (Wildman–Crippen LogP) is 2.55. The number of sulfone groups is 1. The van der Waals surface area contributed by atoms with Gasteiger partial charge in [-0.1, -0.05) is 30.3 Å². The summed E-state index contributed by atoms with van der Waals surface area (Å²) in [6.45, 7) is 1.52. The molecule has 1 heterocycles. The highest BCUT2D eigenvalue weighted by atomic mass is 32.2. The van der Waals surface area contributed by atoms with E-state index in [4.69, 9.17) is 9.84 Å². The van der Waals surface area contributed by atoms with Crippen LogP contribution >= 0.6 is 0 Å². The Labute approximate surface area is 200 Å². The summed E-state index contributed by atoms with van der Waals surface area (Å²) in [6, 6.07) is 15.7. The first kappa shape index (κ1) is 25.9. The molecule has 0 bridgehead atoms. The number of aliphatic hydroxyl groups excluding tert-OH is 1. The summed E-state index contributed by atoms with van der Waals surface area (Å²) in [6.07, 6.45) is 1.15. The van der Waals surface area contributed by atoms with Crippen molar-refractivity contribution >= 4 is 21.8 Å². The summed E-state index contributed by atoms with van der Waals surface area (Å²) in [5, 5.41) is 19.2. The number of hydrogen-bond donors (Lipinski definition) is 2. The van der Waals surface area contributed by atoms with Crippen LogP contribution in [0.1, 0.15) is 31.2 Å². The van der Waals surface area contributed by atoms with Crippen molar-refractivity contribution in [2.45, 2.75) is 43.1 Å². The van der Waals surface area contributed by atoms with Gasteiger partial charge in [-0.15, -0.1) is 0 Å². The van der Waals surface area contributed by atoms with Crippen molar-refractivity contribution in [3.05, 3.63) is 60.2 Å². The van der Waals surface area contributed by atoms with Gasteiger partial charge in [0.2, 0.25) is 0 Å². The largest absolute Gasteiger partial charge is 0.481 e. The summed E-state index contributed by atoms with van der Waals surface area (Å²) >= 11 is 0. The van der Waals surface area contributed by atoms with Crippen LogP contribution in [-0.2, 0) is 25.8 Å². The van der Waals surface area contributed by atoms with Crippen LogP contribution in [0, 0.1) is 5.92 Å². The van der Waals surface area contributed by atoms with Gasteiger partial charge in [0, 0.05) is 25.9 Å². The van der Waals surface area contributed by atoms with Gasteiger partial charge < -0.3 is 14.9 Å². The Morgan fingerprint density at radius 2 is 1.74 bits per heavy atom. The van der Waals surface area contributed by atoms with Crippen LogP contribution in [0.2, 0.25) is 0 Å². The smallest absolute Gasteiger partial charge is 0.311 e. The van der Waals surface area contributed by atoms with Crippen LogP contribution in [0.25, 0.3) is 0 Å². The molecular weight excluding hydrogens is 458 g/mol. The number of carbonyl (C=O) groups is 2. The van der Waals surface area contributed by atoms with Crippen molar-refractivity contribution in [3.63, 3.8) is 0 Å². The number of nitrogens with zero attached hydrogens (tertiary/aromatic N) is 1. The van der Waals surface area contributed by atoms with E-state index in [1.54, 1.807) is 0 Å². The van der Waals surface area contributed by atoms with E-state index in [1.807, 2.05) is 23.1 Å². The number of rotatable bonds is 11. The van der Waals surface area contributed by atoms with Crippen LogP contribution in [0.3, 0.4) is 0 Å². The summed E-state index contributed by atoms with van der Waals surface area (Å²) in [5.41, 5.74) is 1.19. The van der Waals surface area contributed by atoms with Crippen molar-refractivity contribution in [3.8, 4) is 5.75 Å². The van der Waals surface area contributed by atoms with E-state index in [0.29, 0.717) is 13.1 Å². The average Bonchev–Trinajstić information content (AvgIpc) is 2.80. The summed E-state index contributed by atoms with van der Waals surface area (Å²) in [4.78, 5) is 24.4. The van der Waals surface area contributed by atoms with E-state index in [0.717, 1.165) is 19.4 Å². The fraction of sp³-hybridized carbons (Fsp3) is 0.440. The van der Waals surface area contributed by atoms with Gasteiger partial charge in [0.1, 0.15) is 5.75 Å². The molecule has 9 heteroatoms. The second-order valence-electron chi connectivity index (χ2n) is 8.62. The zero-order valence-electron chi connectivity index (χ0n) is 19.0. The minimum absolute atomic E-state index is 0.0275. The number of hydrogen-bond acceptors (Lipinski definition) is 7. The van der Waals surface area contributed by atoms with Gasteiger partial charge in [-0.3, -0.25) is 14.5 Å². The maximum Gasteiger partial charge on any atom is 0.311 e. The third-order valence-electron chi connectivity index (χ3n) is 6.01. The van der Waals surface area contributed by atoms with Crippen LogP contribution in [0.4, 0.5) is 0 Å². The van der Waals surface area contributed by atoms with E-state index >= 15 is 0 Å². The Hall–Kier alpha value is -2.75. The molecule has 1 aliphatic heterocycles. The third kappa shape index (κ3) is 7.93. The molecule has 2 N–H and O–H groups in total. The number of carbonyl (C=O) groups excluding carboxylic acids is 1. The Balaban J connectivity index is 1.46. The van der Waals surface area contributed by atoms with Crippen LogP contribution in [0.5, 0.6) is 5.75 Å². The van der Waals surface area contributed by atoms with Crippen molar-refractivity contribution in [2.75, 3.05) is 25.4 Å². The quantitative estimate of drug-likeness (QED) is 0.365. The number of aliphatic carboxylic acids is 1. The molecule has 1 saturated heterocycles. The van der Waals surface area contributed by atoms with Gasteiger partial charge in [-0.2, -0.15) is 0 Å². The monoisotopic (exact) mass is 489 g/mol. The molecule has 0 radical (unpaired) electrons. The molecule has 1 fully saturated rings. The molecule has 2 atom stereocenters. The summed E-state index contributed by atoms with van der Waals surface area (Å²) in [5.74, 6) is -1.24. The van der Waals surface area contributed by atoms with Gasteiger partial charge >= 0.3 is 11.9 Å². The fourth-order valence-electron chi connectivity index (χ4n) is 4.05. The molecule has 1 aliphatic rings. The molecule has 2 aromatic rings. The number of ether oxygens (including phenoxy) is 1. The van der Waals surface area contributed by atoms with Gasteiger partial charge in [0.15, 0.2) is 9.84 Å². The van der Waals surface area contributed by atoms with Crippen molar-refractivity contribution in [2.24, 2.45) is 5.92 Å². The number of benzene rings is 2. The standard InChI is InChI=1S/C25H31NO7S/c27-23-18-26(14-13-20(23)17-19-5-2-1-3-6-19)15-16-34(31,32)22-11-9-21(10-12-22)33-25(30)8-4-7-24(28)29/h1-3,5-6,9-12,20,23,27H,4,7-8,13-18H2,(H,28,29)/t20-,23-/m1/s1. The minimum atomic E-state index is -3.54. The molecule has 0 aliphatic carbocycles. The van der Waals surface area contributed by atoms with Crippen molar-refractivity contribution in [1.82, 2.24) is 4.90 Å². The van der Waals surface area contributed by atoms with Gasteiger partial charge in [-0.25, -0.2) is 8.42 Å². The maximum atomic E-state index is 12.7. The Bertz CT molecular complexity index is 1050. The SMILES string of the molecule is O=C(O)CCCC(=O)Oc1ccc(S(=O)(=O)CCN2CC[C@H](Cc3ccccc3)[C@H](O)C2)cc1. The molecule has 2 aromatic carbocycles. The summed E-state index contributed by atoms with van der Waals surface area (Å²) in [7, 11) is -3.54. The normalized spacial score (nSPS) is 19.0. The van der Waals surface area contributed by atoms with E-state index in [9.17, 15) is 23.1 Å². The Morgan fingerprint density at radius 3 is 2.38 bits per heavy atom. The molecule has 0 spiro atoms. The predicted molar refractivity (Wildman–Crippen MR) is 126 cm³/mol. The van der Waals surface area contributed by atoms with Gasteiger partial charge in [0.05, 0.1) is 16.8 Å². The first-order valence-corrected chi connectivity index (χ1v) is 13.1. The van der Waals surface area contributed by atoms with Gasteiger partial charge in [0.25, 0.3) is 0 Å². The fourth-order valence-corrected chi connectivity index (χ4v) is 5.34.